The average Bonchev–Trinajstić information content (AvgIpc) is 3.49. The van der Waals surface area contributed by atoms with E-state index in [1.165, 1.54) is 0 Å². The second-order valence-corrected chi connectivity index (χ2v) is 16.6. The van der Waals surface area contributed by atoms with Gasteiger partial charge in [0.05, 0.1) is 11.0 Å². The predicted octanol–water partition coefficient (Wildman–Crippen LogP) is 5.85. The lowest BCUT2D eigenvalue weighted by molar-refractivity contribution is -0.129. The van der Waals surface area contributed by atoms with Crippen molar-refractivity contribution in [2.75, 3.05) is 13.4 Å². The molecule has 7 heteroatoms. The lowest BCUT2D eigenvalue weighted by Gasteiger charge is -2.29. The molecule has 3 rings (SSSR count). The first kappa shape index (κ1) is 24.1. The second kappa shape index (κ2) is 9.14. The molecule has 0 unspecified atom stereocenters. The molecule has 0 amide bonds. The number of rotatable bonds is 9. The summed E-state index contributed by atoms with van der Waals surface area (Å²) in [6, 6.07) is 13.1. The number of pyridine rings is 1. The molecule has 1 saturated carbocycles. The molecule has 2 aromatic rings. The quantitative estimate of drug-likeness (QED) is 0.148. The average molecular weight is 505 g/mol. The molecular formula is C24H34BrN3O2Si-. The summed E-state index contributed by atoms with van der Waals surface area (Å²) in [5.41, 5.74) is 1.17. The van der Waals surface area contributed by atoms with Crippen molar-refractivity contribution in [1.29, 1.82) is 10.8 Å². The molecule has 0 saturated heterocycles. The minimum absolute atomic E-state index is 0.200. The first-order chi connectivity index (χ1) is 14.5. The maximum atomic E-state index is 8.95. The molecule has 0 atom stereocenters. The Kier molecular flexibility index (Phi) is 7.10. The Morgan fingerprint density at radius 2 is 1.81 bits per heavy atom. The molecule has 1 aliphatic rings. The van der Waals surface area contributed by atoms with Crippen molar-refractivity contribution in [3.8, 4) is 0 Å². The van der Waals surface area contributed by atoms with Crippen molar-refractivity contribution < 1.29 is 9.47 Å². The van der Waals surface area contributed by atoms with Gasteiger partial charge >= 0.3 is 0 Å². The monoisotopic (exact) mass is 503 g/mol. The molecule has 1 aromatic carbocycles. The van der Waals surface area contributed by atoms with Crippen LogP contribution in [0, 0.1) is 10.8 Å². The number of hydrogen-bond donors (Lipinski definition) is 2. The number of hydrogen-bond acceptors (Lipinski definition) is 4. The highest BCUT2D eigenvalue weighted by molar-refractivity contribution is 9.10. The first-order valence-electron chi connectivity index (χ1n) is 10.8. The number of ether oxygens (including phenoxy) is 2. The van der Waals surface area contributed by atoms with Gasteiger partial charge in [0.15, 0.2) is 0 Å². The van der Waals surface area contributed by atoms with Crippen LogP contribution in [-0.2, 0) is 20.5 Å². The van der Waals surface area contributed by atoms with Crippen LogP contribution in [0.5, 0.6) is 0 Å². The van der Waals surface area contributed by atoms with E-state index in [0.717, 1.165) is 34.5 Å². The molecule has 1 heterocycles. The van der Waals surface area contributed by atoms with Crippen LogP contribution in [0.4, 0.5) is 0 Å². The maximum absolute atomic E-state index is 8.95. The summed E-state index contributed by atoms with van der Waals surface area (Å²) >= 11 is 3.49. The van der Waals surface area contributed by atoms with E-state index in [1.54, 1.807) is 4.57 Å². The molecule has 5 nitrogen and oxygen atoms in total. The molecule has 0 bridgehead atoms. The number of nitrogens with one attached hydrogen (secondary N) is 2. The van der Waals surface area contributed by atoms with Gasteiger partial charge in [-0.2, -0.15) is 19.6 Å². The SMILES string of the molecule is CC(C)(OCOCC[Si-](C)(C)C)c1cccn(C(=N)C2(c3ccc(Br)cc3)CC2)c1=N. The van der Waals surface area contributed by atoms with E-state index < -0.39 is 13.7 Å². The lowest BCUT2D eigenvalue weighted by Crippen LogP contribution is -2.40. The van der Waals surface area contributed by atoms with Crippen LogP contribution in [0.25, 0.3) is 0 Å². The summed E-state index contributed by atoms with van der Waals surface area (Å²) in [5.74, 6) is 0.448. The van der Waals surface area contributed by atoms with E-state index in [0.29, 0.717) is 17.9 Å². The Morgan fingerprint density at radius 3 is 2.39 bits per heavy atom. The summed E-state index contributed by atoms with van der Waals surface area (Å²) in [4.78, 5) is 0. The normalized spacial score (nSPS) is 15.7. The van der Waals surface area contributed by atoms with Gasteiger partial charge in [-0.05, 0) is 50.5 Å². The number of aromatic nitrogens is 1. The van der Waals surface area contributed by atoms with Gasteiger partial charge in [0.1, 0.15) is 18.1 Å². The number of benzene rings is 1. The molecule has 0 spiro atoms. The van der Waals surface area contributed by atoms with Gasteiger partial charge in [-0.15, -0.1) is 14.1 Å². The van der Waals surface area contributed by atoms with E-state index in [4.69, 9.17) is 20.3 Å². The Hall–Kier alpha value is -1.54. The van der Waals surface area contributed by atoms with E-state index in [9.17, 15) is 0 Å². The Labute approximate surface area is 195 Å². The van der Waals surface area contributed by atoms with Crippen molar-refractivity contribution in [3.63, 3.8) is 0 Å². The van der Waals surface area contributed by atoms with Crippen molar-refractivity contribution in [3.05, 3.63) is 63.7 Å². The van der Waals surface area contributed by atoms with Gasteiger partial charge in [-0.3, -0.25) is 15.4 Å². The molecule has 0 aliphatic heterocycles. The van der Waals surface area contributed by atoms with Crippen LogP contribution in [0.15, 0.2) is 47.1 Å². The van der Waals surface area contributed by atoms with Crippen molar-refractivity contribution in [2.45, 2.75) is 63.4 Å². The molecule has 1 aliphatic carbocycles. The standard InChI is InChI=1S/C24H34BrN3O2Si/c1-23(2,30-17-29-15-16-31(3,4)5)20-7-6-14-28(21(20)26)22(27)24(12-13-24)18-8-10-19(25)11-9-18/h6-11,14,26-27H,12-13,15-17H2,1-5H3/q-1. The Bertz CT molecular complexity index is 989. The fraction of sp³-hybridized carbons (Fsp3) is 0.500. The third-order valence-electron chi connectivity index (χ3n) is 5.98. The summed E-state index contributed by atoms with van der Waals surface area (Å²) in [6.07, 6.45) is 3.66. The number of nitrogens with zero attached hydrogens (tertiary/aromatic N) is 1. The van der Waals surface area contributed by atoms with Crippen LogP contribution < -0.4 is 5.49 Å². The van der Waals surface area contributed by atoms with Crippen LogP contribution in [-0.4, -0.2) is 31.9 Å². The molecule has 0 radical (unpaired) electrons. The minimum atomic E-state index is -1.13. The largest absolute Gasteiger partial charge is 0.358 e. The van der Waals surface area contributed by atoms with Crippen molar-refractivity contribution >= 4 is 29.8 Å². The lowest BCUT2D eigenvalue weighted by atomic mass is 9.93. The zero-order chi connectivity index (χ0) is 22.9. The fourth-order valence-electron chi connectivity index (χ4n) is 3.67. The van der Waals surface area contributed by atoms with Gasteiger partial charge in [-0.1, -0.05) is 34.1 Å². The topological polar surface area (TPSA) is 71.1 Å². The minimum Gasteiger partial charge on any atom is -0.358 e. The highest BCUT2D eigenvalue weighted by Crippen LogP contribution is 2.49. The van der Waals surface area contributed by atoms with Gasteiger partial charge in [0.2, 0.25) is 0 Å². The number of halogens is 1. The third-order valence-corrected chi connectivity index (χ3v) is 8.22. The van der Waals surface area contributed by atoms with Crippen molar-refractivity contribution in [1.82, 2.24) is 4.57 Å². The predicted molar refractivity (Wildman–Crippen MR) is 132 cm³/mol. The smallest absolute Gasteiger partial charge is 0.147 e. The van der Waals surface area contributed by atoms with Crippen LogP contribution in [0.1, 0.15) is 37.8 Å². The van der Waals surface area contributed by atoms with Gasteiger partial charge < -0.3 is 9.47 Å². The molecule has 169 valence electrons. The molecule has 1 aromatic heterocycles. The Balaban J connectivity index is 1.76. The summed E-state index contributed by atoms with van der Waals surface area (Å²) < 4.78 is 14.5. The molecule has 1 fully saturated rings. The Morgan fingerprint density at radius 1 is 1.16 bits per heavy atom. The summed E-state index contributed by atoms with van der Waals surface area (Å²) in [5, 5.41) is 17.8. The summed E-state index contributed by atoms with van der Waals surface area (Å²) in [7, 11) is -1.13. The third kappa shape index (κ3) is 5.63. The van der Waals surface area contributed by atoms with E-state index >= 15 is 0 Å². The molecule has 31 heavy (non-hydrogen) atoms. The zero-order valence-electron chi connectivity index (χ0n) is 19.2. The van der Waals surface area contributed by atoms with E-state index in [2.05, 4.69) is 47.7 Å². The van der Waals surface area contributed by atoms with Crippen LogP contribution in [0.2, 0.25) is 25.7 Å². The van der Waals surface area contributed by atoms with Gasteiger partial charge in [0.25, 0.3) is 0 Å². The fourth-order valence-corrected chi connectivity index (χ4v) is 4.69. The van der Waals surface area contributed by atoms with E-state index in [1.807, 2.05) is 44.3 Å². The second-order valence-electron chi connectivity index (χ2n) is 10.1. The summed E-state index contributed by atoms with van der Waals surface area (Å²) in [6.45, 7) is 11.8. The van der Waals surface area contributed by atoms with Crippen LogP contribution in [0.3, 0.4) is 0 Å². The van der Waals surface area contributed by atoms with E-state index in [-0.39, 0.29) is 12.2 Å². The maximum Gasteiger partial charge on any atom is 0.147 e. The highest BCUT2D eigenvalue weighted by Gasteiger charge is 2.49. The first-order valence-corrected chi connectivity index (χ1v) is 15.3. The van der Waals surface area contributed by atoms with Gasteiger partial charge in [0, 0.05) is 22.8 Å². The van der Waals surface area contributed by atoms with Gasteiger partial charge in [-0.25, -0.2) is 0 Å². The molecular weight excluding hydrogens is 470 g/mol. The zero-order valence-corrected chi connectivity index (χ0v) is 21.8. The van der Waals surface area contributed by atoms with Crippen LogP contribution >= 0.6 is 15.9 Å². The molecule has 2 N–H and O–H groups in total. The highest BCUT2D eigenvalue weighted by atomic mass is 79.9. The van der Waals surface area contributed by atoms with Crippen molar-refractivity contribution in [2.24, 2.45) is 0 Å².